The van der Waals surface area contributed by atoms with Crippen molar-refractivity contribution in [3.05, 3.63) is 35.4 Å². The number of methoxy groups -OCH3 is 1. The molecule has 4 heteroatoms. The van der Waals surface area contributed by atoms with Crippen molar-refractivity contribution >= 4 is 21.9 Å². The summed E-state index contributed by atoms with van der Waals surface area (Å²) in [7, 11) is 1.40. The van der Waals surface area contributed by atoms with Gasteiger partial charge in [0.05, 0.1) is 25.7 Å². The number of benzene rings is 1. The topological polar surface area (TPSA) is 35.5 Å². The molecule has 1 heterocycles. The van der Waals surface area contributed by atoms with Crippen molar-refractivity contribution in [2.45, 2.75) is 25.0 Å². The van der Waals surface area contributed by atoms with E-state index in [1.807, 2.05) is 12.1 Å². The number of carbonyl (C=O) groups is 1. The van der Waals surface area contributed by atoms with Crippen LogP contribution in [0.15, 0.2) is 24.3 Å². The van der Waals surface area contributed by atoms with E-state index in [1.165, 1.54) is 18.2 Å². The molecule has 1 aliphatic heterocycles. The molecule has 1 aromatic rings. The third kappa shape index (κ3) is 2.87. The maximum Gasteiger partial charge on any atom is 0.308 e. The van der Waals surface area contributed by atoms with Crippen molar-refractivity contribution in [3.8, 4) is 0 Å². The Bertz CT molecular complexity index is 405. The summed E-state index contributed by atoms with van der Waals surface area (Å²) in [5, 5.41) is 0.738. The van der Waals surface area contributed by atoms with Gasteiger partial charge < -0.3 is 9.47 Å². The summed E-state index contributed by atoms with van der Waals surface area (Å²) in [6.45, 7) is 0. The van der Waals surface area contributed by atoms with Gasteiger partial charge in [0.25, 0.3) is 0 Å². The highest BCUT2D eigenvalue weighted by Gasteiger charge is 2.28. The van der Waals surface area contributed by atoms with E-state index in [2.05, 4.69) is 32.8 Å². The van der Waals surface area contributed by atoms with Crippen LogP contribution in [0.4, 0.5) is 0 Å². The SMILES string of the molecule is COC(=O)C[C@@H]1Cc2ccccc2[C@H](CBr)O1. The zero-order chi connectivity index (χ0) is 12.3. The molecule has 0 N–H and O–H groups in total. The van der Waals surface area contributed by atoms with E-state index in [0.29, 0.717) is 6.42 Å². The monoisotopic (exact) mass is 298 g/mol. The fourth-order valence-corrected chi connectivity index (χ4v) is 2.64. The second-order valence-electron chi connectivity index (χ2n) is 4.08. The molecule has 0 saturated carbocycles. The number of fused-ring (bicyclic) bond motifs is 1. The largest absolute Gasteiger partial charge is 0.469 e. The minimum atomic E-state index is -0.220. The fourth-order valence-electron chi connectivity index (χ4n) is 2.14. The normalized spacial score (nSPS) is 22.9. The highest BCUT2D eigenvalue weighted by molar-refractivity contribution is 9.09. The molecule has 0 radical (unpaired) electrons. The van der Waals surface area contributed by atoms with E-state index in [4.69, 9.17) is 4.74 Å². The summed E-state index contributed by atoms with van der Waals surface area (Å²) in [4.78, 5) is 11.3. The Kier molecular flexibility index (Phi) is 4.18. The predicted octanol–water partition coefficient (Wildman–Crippen LogP) is 2.63. The van der Waals surface area contributed by atoms with Gasteiger partial charge in [-0.05, 0) is 17.5 Å². The van der Waals surface area contributed by atoms with Crippen LogP contribution in [-0.2, 0) is 20.7 Å². The van der Waals surface area contributed by atoms with Crippen LogP contribution in [0.25, 0.3) is 0 Å². The predicted molar refractivity (Wildman–Crippen MR) is 68.2 cm³/mol. The maximum atomic E-state index is 11.3. The van der Waals surface area contributed by atoms with Crippen LogP contribution in [0.1, 0.15) is 23.7 Å². The van der Waals surface area contributed by atoms with Gasteiger partial charge in [-0.25, -0.2) is 0 Å². The molecule has 0 saturated heterocycles. The number of rotatable bonds is 3. The Labute approximate surface area is 109 Å². The highest BCUT2D eigenvalue weighted by Crippen LogP contribution is 2.32. The first kappa shape index (κ1) is 12.6. The lowest BCUT2D eigenvalue weighted by Crippen LogP contribution is -2.29. The second-order valence-corrected chi connectivity index (χ2v) is 4.73. The van der Waals surface area contributed by atoms with Crippen LogP contribution in [-0.4, -0.2) is 24.5 Å². The van der Waals surface area contributed by atoms with Crippen LogP contribution >= 0.6 is 15.9 Å². The molecule has 1 aliphatic rings. The quantitative estimate of drug-likeness (QED) is 0.636. The molecular weight excluding hydrogens is 284 g/mol. The van der Waals surface area contributed by atoms with E-state index in [0.717, 1.165) is 11.8 Å². The lowest BCUT2D eigenvalue weighted by Gasteiger charge is -2.30. The zero-order valence-electron chi connectivity index (χ0n) is 9.69. The van der Waals surface area contributed by atoms with Crippen LogP contribution in [0, 0.1) is 0 Å². The molecule has 0 spiro atoms. The van der Waals surface area contributed by atoms with E-state index >= 15 is 0 Å². The van der Waals surface area contributed by atoms with E-state index in [9.17, 15) is 4.79 Å². The van der Waals surface area contributed by atoms with E-state index < -0.39 is 0 Å². The summed E-state index contributed by atoms with van der Waals surface area (Å²) >= 11 is 3.45. The molecule has 17 heavy (non-hydrogen) atoms. The van der Waals surface area contributed by atoms with Gasteiger partial charge in [0, 0.05) is 5.33 Å². The maximum absolute atomic E-state index is 11.3. The highest BCUT2D eigenvalue weighted by atomic mass is 79.9. The standard InChI is InChI=1S/C13H15BrO3/c1-16-13(15)7-10-6-9-4-2-3-5-11(9)12(8-14)17-10/h2-5,10,12H,6-8H2,1H3/t10-,12-/m0/s1. The number of alkyl halides is 1. The van der Waals surface area contributed by atoms with Gasteiger partial charge in [0.2, 0.25) is 0 Å². The summed E-state index contributed by atoms with van der Waals surface area (Å²) in [6, 6.07) is 8.20. The number of halogens is 1. The number of carbonyl (C=O) groups excluding carboxylic acids is 1. The Balaban J connectivity index is 2.15. The van der Waals surface area contributed by atoms with Gasteiger partial charge in [-0.1, -0.05) is 40.2 Å². The number of esters is 1. The molecule has 0 unspecified atom stereocenters. The summed E-state index contributed by atoms with van der Waals surface area (Å²) < 4.78 is 10.6. The fraction of sp³-hybridized carbons (Fsp3) is 0.462. The van der Waals surface area contributed by atoms with Crippen LogP contribution in [0.3, 0.4) is 0 Å². The van der Waals surface area contributed by atoms with E-state index in [-0.39, 0.29) is 18.2 Å². The third-order valence-corrected chi connectivity index (χ3v) is 3.56. The zero-order valence-corrected chi connectivity index (χ0v) is 11.3. The van der Waals surface area contributed by atoms with Gasteiger partial charge in [0.1, 0.15) is 0 Å². The molecule has 0 bridgehead atoms. The Morgan fingerprint density at radius 2 is 2.29 bits per heavy atom. The molecule has 2 atom stereocenters. The van der Waals surface area contributed by atoms with Crippen molar-refractivity contribution in [2.75, 3.05) is 12.4 Å². The minimum Gasteiger partial charge on any atom is -0.469 e. The average molecular weight is 299 g/mol. The van der Waals surface area contributed by atoms with Gasteiger partial charge in [-0.2, -0.15) is 0 Å². The molecule has 0 amide bonds. The Morgan fingerprint density at radius 3 is 3.00 bits per heavy atom. The third-order valence-electron chi connectivity index (χ3n) is 2.97. The van der Waals surface area contributed by atoms with Crippen LogP contribution in [0.2, 0.25) is 0 Å². The van der Waals surface area contributed by atoms with Gasteiger partial charge >= 0.3 is 5.97 Å². The minimum absolute atomic E-state index is 0.0228. The molecule has 0 aromatic heterocycles. The molecule has 1 aromatic carbocycles. The van der Waals surface area contributed by atoms with Crippen molar-refractivity contribution in [2.24, 2.45) is 0 Å². The number of ether oxygens (including phenoxy) is 2. The molecule has 92 valence electrons. The van der Waals surface area contributed by atoms with Crippen molar-refractivity contribution in [1.29, 1.82) is 0 Å². The summed E-state index contributed by atoms with van der Waals surface area (Å²) in [5.41, 5.74) is 2.47. The smallest absolute Gasteiger partial charge is 0.308 e. The van der Waals surface area contributed by atoms with Crippen molar-refractivity contribution < 1.29 is 14.3 Å². The van der Waals surface area contributed by atoms with Crippen molar-refractivity contribution in [3.63, 3.8) is 0 Å². The van der Waals surface area contributed by atoms with Crippen LogP contribution < -0.4 is 0 Å². The number of hydrogen-bond acceptors (Lipinski definition) is 3. The Morgan fingerprint density at radius 1 is 1.53 bits per heavy atom. The van der Waals surface area contributed by atoms with Gasteiger partial charge in [-0.3, -0.25) is 4.79 Å². The Hall–Kier alpha value is -0.870. The summed E-state index contributed by atoms with van der Waals surface area (Å²) in [5.74, 6) is -0.220. The van der Waals surface area contributed by atoms with E-state index in [1.54, 1.807) is 0 Å². The molecule has 0 fully saturated rings. The second kappa shape index (κ2) is 5.65. The first-order chi connectivity index (χ1) is 8.24. The lowest BCUT2D eigenvalue weighted by molar-refractivity contribution is -0.145. The molecule has 0 aliphatic carbocycles. The molecule has 3 nitrogen and oxygen atoms in total. The first-order valence-corrected chi connectivity index (χ1v) is 6.72. The molecular formula is C13H15BrO3. The van der Waals surface area contributed by atoms with Gasteiger partial charge in [-0.15, -0.1) is 0 Å². The lowest BCUT2D eigenvalue weighted by atomic mass is 9.94. The van der Waals surface area contributed by atoms with Crippen molar-refractivity contribution in [1.82, 2.24) is 0 Å². The molecule has 2 rings (SSSR count). The average Bonchev–Trinajstić information content (AvgIpc) is 2.37. The first-order valence-electron chi connectivity index (χ1n) is 5.60. The summed E-state index contributed by atoms with van der Waals surface area (Å²) in [6.07, 6.45) is 1.03. The van der Waals surface area contributed by atoms with Gasteiger partial charge in [0.15, 0.2) is 0 Å². The van der Waals surface area contributed by atoms with Crippen LogP contribution in [0.5, 0.6) is 0 Å². The number of hydrogen-bond donors (Lipinski definition) is 0.